The van der Waals surface area contributed by atoms with Gasteiger partial charge in [-0.1, -0.05) is 271 Å². The van der Waals surface area contributed by atoms with Crippen LogP contribution in [-0.4, -0.2) is 44.9 Å². The summed E-state index contributed by atoms with van der Waals surface area (Å²) in [5.74, 6) is 0. The quantitative estimate of drug-likeness (QED) is 0.126. The molecule has 0 fully saturated rings. The first kappa shape index (κ1) is 60.1. The molecule has 12 aromatic rings. The van der Waals surface area contributed by atoms with Gasteiger partial charge in [0.15, 0.2) is 0 Å². The first-order chi connectivity index (χ1) is 44.2. The monoisotopic (exact) mass is 1340 g/mol. The van der Waals surface area contributed by atoms with Gasteiger partial charge in [0.25, 0.3) is 0 Å². The Hall–Kier alpha value is -7.16. The summed E-state index contributed by atoms with van der Waals surface area (Å²) in [5, 5.41) is 0. The van der Waals surface area contributed by atoms with Crippen LogP contribution in [0.25, 0.3) is 66.8 Å². The Bertz CT molecular complexity index is 4060. The van der Waals surface area contributed by atoms with Gasteiger partial charge in [-0.15, -0.1) is 75.7 Å². The Morgan fingerprint density at radius 2 is 0.330 bits per heavy atom. The van der Waals surface area contributed by atoms with E-state index < -0.39 is 26.0 Å². The Morgan fingerprint density at radius 1 is 0.187 bits per heavy atom. The molecule has 0 atom stereocenters. The third kappa shape index (κ3) is 10.5. The minimum atomic E-state index is -0.592. The molecule has 0 heterocycles. The third-order valence-corrected chi connectivity index (χ3v) is 26.3. The van der Waals surface area contributed by atoms with E-state index in [0.717, 1.165) is 38.5 Å². The normalized spacial score (nSPS) is 13.2. The molecular formula is C84H72B3NdSi3. The number of hydrogen-bond acceptors (Lipinski definition) is 0. The van der Waals surface area contributed by atoms with E-state index in [0.29, 0.717) is 18.9 Å². The molecule has 0 spiro atoms. The maximum atomic E-state index is 2.48. The summed E-state index contributed by atoms with van der Waals surface area (Å²) in [7, 11) is -1.78. The van der Waals surface area contributed by atoms with Crippen molar-refractivity contribution in [2.75, 3.05) is 0 Å². The molecule has 7 heteroatoms. The zero-order chi connectivity index (χ0) is 60.7. The standard InChI is InChI=1S/3C28H24BSi.Nd/c3*1-30(2)29(27-15-7-13-23-21-11-5-3-9-19(21)17-25(23)27)28-16-8-14-24-22-12-6-4-10-20(22)18-26(24)28;/h3*3-16H,17-18H2,1-2H3;/q3*-1;+3. The van der Waals surface area contributed by atoms with Crippen LogP contribution in [0.3, 0.4) is 0 Å². The molecule has 18 rings (SSSR count). The van der Waals surface area contributed by atoms with Gasteiger partial charge in [-0.25, -0.2) is 32.8 Å². The number of rotatable bonds is 9. The van der Waals surface area contributed by atoms with Gasteiger partial charge >= 0.3 is 40.8 Å². The van der Waals surface area contributed by atoms with E-state index >= 15 is 0 Å². The SMILES string of the molecule is C[Si](C)[B-](c1cccc2c1Cc1ccccc1-2)c1cccc2c1Cc1ccccc1-2.C[Si](C)[B-](c1cccc2c1Cc1ccccc1-2)c1cccc2c1Cc1ccccc1-2.C[Si](C)[B-](c1cccc2c1Cc1ccccc1-2)c1cccc2c1Cc1ccccc1-2.[Nd+3]. The van der Waals surface area contributed by atoms with E-state index in [-0.39, 0.29) is 40.8 Å². The summed E-state index contributed by atoms with van der Waals surface area (Å²) in [4.78, 5) is 0. The number of hydrogen-bond donors (Lipinski definition) is 0. The van der Waals surface area contributed by atoms with Crippen LogP contribution < -0.4 is 32.8 Å². The van der Waals surface area contributed by atoms with E-state index in [1.54, 1.807) is 66.2 Å². The average molecular weight is 1340 g/mol. The van der Waals surface area contributed by atoms with Crippen molar-refractivity contribution in [3.63, 3.8) is 0 Å². The van der Waals surface area contributed by atoms with E-state index in [9.17, 15) is 0 Å². The molecular weight excluding hydrogens is 1270 g/mol. The largest absolute Gasteiger partial charge is 3.00 e. The topological polar surface area (TPSA) is 0 Å². The Balaban J connectivity index is 0.000000113. The smallest absolute Gasteiger partial charge is 0.237 e. The van der Waals surface area contributed by atoms with Crippen LogP contribution in [-0.2, 0) is 38.5 Å². The summed E-state index contributed by atoms with van der Waals surface area (Å²) in [6.07, 6.45) is 7.98. The molecule has 0 saturated carbocycles. The van der Waals surface area contributed by atoms with Crippen LogP contribution >= 0.6 is 0 Å². The molecule has 6 aliphatic carbocycles. The summed E-state index contributed by atoms with van der Waals surface area (Å²) in [6, 6.07) is 95.8. The fourth-order valence-corrected chi connectivity index (χ4v) is 22.4. The first-order valence-corrected chi connectivity index (χ1v) is 40.5. The van der Waals surface area contributed by atoms with Crippen molar-refractivity contribution in [2.24, 2.45) is 0 Å². The molecule has 0 aliphatic heterocycles. The van der Waals surface area contributed by atoms with Crippen molar-refractivity contribution < 1.29 is 40.8 Å². The van der Waals surface area contributed by atoms with Crippen LogP contribution in [0.15, 0.2) is 255 Å². The molecule has 0 bridgehead atoms. The molecule has 6 aliphatic rings. The summed E-state index contributed by atoms with van der Waals surface area (Å²) in [5.41, 5.74) is 44.9. The van der Waals surface area contributed by atoms with Crippen molar-refractivity contribution in [3.05, 3.63) is 322 Å². The molecule has 0 amide bonds. The molecule has 12 aromatic carbocycles. The fraction of sp³-hybridized carbons (Fsp3) is 0.143. The van der Waals surface area contributed by atoms with Crippen molar-refractivity contribution in [2.45, 2.75) is 77.8 Å². The second kappa shape index (κ2) is 25.0. The van der Waals surface area contributed by atoms with Gasteiger partial charge in [-0.05, 0) is 139 Å². The van der Waals surface area contributed by atoms with Crippen molar-refractivity contribution >= 4 is 77.7 Å². The van der Waals surface area contributed by atoms with E-state index in [4.69, 9.17) is 0 Å². The van der Waals surface area contributed by atoms with Gasteiger partial charge in [0.2, 0.25) is 0 Å². The molecule has 91 heavy (non-hydrogen) atoms. The second-order valence-corrected chi connectivity index (χ2v) is 35.0. The predicted molar refractivity (Wildman–Crippen MR) is 396 cm³/mol. The van der Waals surface area contributed by atoms with Crippen molar-refractivity contribution in [1.82, 2.24) is 0 Å². The second-order valence-electron chi connectivity index (χ2n) is 26.8. The predicted octanol–water partition coefficient (Wildman–Crippen LogP) is 15.8. The van der Waals surface area contributed by atoms with Crippen molar-refractivity contribution in [1.29, 1.82) is 0 Å². The summed E-state index contributed by atoms with van der Waals surface area (Å²) < 4.78 is 0. The summed E-state index contributed by atoms with van der Waals surface area (Å²) >= 11 is 0. The Kier molecular flexibility index (Phi) is 16.5. The van der Waals surface area contributed by atoms with Crippen LogP contribution in [0.4, 0.5) is 0 Å². The summed E-state index contributed by atoms with van der Waals surface area (Å²) in [6.45, 7) is 14.9. The molecule has 0 saturated heterocycles. The molecule has 0 N–H and O–H groups in total. The van der Waals surface area contributed by atoms with Crippen LogP contribution in [0.2, 0.25) is 39.3 Å². The van der Waals surface area contributed by atoms with Crippen LogP contribution in [0.1, 0.15) is 66.8 Å². The fourth-order valence-electron chi connectivity index (χ4n) is 17.1. The number of fused-ring (bicyclic) bond motifs is 18. The van der Waals surface area contributed by atoms with Gasteiger partial charge in [-0.3, -0.25) is 0 Å². The average Bonchev–Trinajstić information content (AvgIpc) is 1.69. The molecule has 0 unspecified atom stereocenters. The molecule has 0 nitrogen and oxygen atoms in total. The number of benzene rings is 12. The van der Waals surface area contributed by atoms with Crippen LogP contribution in [0.5, 0.6) is 0 Å². The molecule has 0 aromatic heterocycles. The van der Waals surface area contributed by atoms with E-state index in [1.807, 2.05) is 0 Å². The Labute approximate surface area is 579 Å². The molecule has 433 valence electrons. The van der Waals surface area contributed by atoms with Crippen LogP contribution in [0, 0.1) is 40.8 Å². The third-order valence-electron chi connectivity index (χ3n) is 20.9. The minimum Gasteiger partial charge on any atom is -0.237 e. The maximum Gasteiger partial charge on any atom is 3.00 e. The van der Waals surface area contributed by atoms with E-state index in [2.05, 4.69) is 294 Å². The zero-order valence-corrected chi connectivity index (χ0v) is 59.4. The zero-order valence-electron chi connectivity index (χ0n) is 53.2. The molecule has 7 radical (unpaired) electrons. The van der Waals surface area contributed by atoms with Gasteiger partial charge < -0.3 is 0 Å². The minimum absolute atomic E-state index is 0. The first-order valence-electron chi connectivity index (χ1n) is 32.8. The maximum absolute atomic E-state index is 2.48. The van der Waals surface area contributed by atoms with Gasteiger partial charge in [-0.2, -0.15) is 26.0 Å². The van der Waals surface area contributed by atoms with Gasteiger partial charge in [0.1, 0.15) is 0 Å². The van der Waals surface area contributed by atoms with Gasteiger partial charge in [0, 0.05) is 0 Å². The van der Waals surface area contributed by atoms with Crippen molar-refractivity contribution in [3.8, 4) is 66.8 Å². The van der Waals surface area contributed by atoms with Gasteiger partial charge in [0.05, 0.1) is 0 Å². The van der Waals surface area contributed by atoms with E-state index in [1.165, 1.54) is 100 Å². The Morgan fingerprint density at radius 3 is 0.484 bits per heavy atom.